The van der Waals surface area contributed by atoms with Crippen LogP contribution < -0.4 is 9.01 Å². The van der Waals surface area contributed by atoms with E-state index in [1.807, 2.05) is 41.1 Å². The molecule has 0 saturated heterocycles. The van der Waals surface area contributed by atoms with Crippen LogP contribution in [-0.2, 0) is 6.54 Å². The Hall–Kier alpha value is -1.56. The number of hydrogen-bond donors (Lipinski definition) is 1. The van der Waals surface area contributed by atoms with Crippen molar-refractivity contribution in [3.8, 4) is 0 Å². The van der Waals surface area contributed by atoms with E-state index in [-0.39, 0.29) is 11.0 Å². The van der Waals surface area contributed by atoms with Crippen LogP contribution >= 0.6 is 0 Å². The molecule has 4 nitrogen and oxygen atoms in total. The molecule has 1 heterocycles. The summed E-state index contributed by atoms with van der Waals surface area (Å²) >= 11 is -3.05. The molecule has 0 amide bonds. The van der Waals surface area contributed by atoms with Crippen molar-refractivity contribution in [2.75, 3.05) is 0 Å². The topological polar surface area (TPSA) is 59.3 Å². The van der Waals surface area contributed by atoms with Gasteiger partial charge < -0.3 is 0 Å². The third-order valence-corrected chi connectivity index (χ3v) is 21.6. The van der Waals surface area contributed by atoms with Gasteiger partial charge in [-0.05, 0) is 0 Å². The molecule has 0 unspecified atom stereocenters. The fraction of sp³-hybridized carbons (Fsp3) is 0.520. The van der Waals surface area contributed by atoms with Gasteiger partial charge in [-0.3, -0.25) is 0 Å². The van der Waals surface area contributed by atoms with Crippen molar-refractivity contribution < 1.29 is 9.90 Å². The van der Waals surface area contributed by atoms with Gasteiger partial charge in [0.2, 0.25) is 0 Å². The Morgan fingerprint density at radius 2 is 1.43 bits per heavy atom. The molecule has 1 aromatic heterocycles. The number of carboxylic acids is 1. The second-order valence-electron chi connectivity index (χ2n) is 8.47. The standard InChI is InChI=1S/C13H10NO3.3C4H9.Sn/c15-12-6-7-14(9-11(12)13(16)17)8-10-4-2-1-3-5-10;3*1-3-4-2;/h1-5,7,9H,8H2,(H,16,17);3*1,3-4H2,2H3;. The van der Waals surface area contributed by atoms with E-state index in [0.29, 0.717) is 6.54 Å². The summed E-state index contributed by atoms with van der Waals surface area (Å²) in [5.74, 6) is -1.11. The molecule has 164 valence electrons. The first kappa shape index (κ1) is 24.7. The second kappa shape index (κ2) is 12.3. The molecule has 30 heavy (non-hydrogen) atoms. The first-order chi connectivity index (χ1) is 14.5. The van der Waals surface area contributed by atoms with Crippen molar-refractivity contribution in [1.82, 2.24) is 4.57 Å². The van der Waals surface area contributed by atoms with Crippen molar-refractivity contribution >= 4 is 27.9 Å². The number of hydrogen-bond acceptors (Lipinski definition) is 2. The Kier molecular flexibility index (Phi) is 10.2. The van der Waals surface area contributed by atoms with Crippen molar-refractivity contribution in [2.45, 2.75) is 79.2 Å². The molecule has 0 bridgehead atoms. The van der Waals surface area contributed by atoms with Crippen LogP contribution in [0, 0.1) is 0 Å². The SMILES string of the molecule is CCC[CH2][Sn]([CH2]CCC)([CH2]CCC)[c]1cn(Cc2ccccc2)cc(C(=O)O)c1=O. The van der Waals surface area contributed by atoms with Gasteiger partial charge in [0.25, 0.3) is 0 Å². The zero-order valence-electron chi connectivity index (χ0n) is 18.8. The third kappa shape index (κ3) is 6.47. The zero-order valence-corrected chi connectivity index (χ0v) is 21.7. The average Bonchev–Trinajstić information content (AvgIpc) is 2.75. The molecule has 0 saturated carbocycles. The molecular weight excluding hydrogens is 481 g/mol. The van der Waals surface area contributed by atoms with Gasteiger partial charge >= 0.3 is 186 Å². The molecule has 0 spiro atoms. The first-order valence-electron chi connectivity index (χ1n) is 11.5. The maximum atomic E-state index is 13.4. The Morgan fingerprint density at radius 3 is 1.90 bits per heavy atom. The van der Waals surface area contributed by atoms with E-state index >= 15 is 0 Å². The normalized spacial score (nSPS) is 11.6. The number of carboxylic acid groups (broad SMARTS) is 1. The summed E-state index contributed by atoms with van der Waals surface area (Å²) in [4.78, 5) is 25.4. The minimum absolute atomic E-state index is 0.0611. The summed E-state index contributed by atoms with van der Waals surface area (Å²) in [6.07, 6.45) is 10.3. The van der Waals surface area contributed by atoms with Crippen LogP contribution in [-0.4, -0.2) is 34.0 Å². The van der Waals surface area contributed by atoms with E-state index in [4.69, 9.17) is 0 Å². The number of unbranched alkanes of at least 4 members (excludes halogenated alkanes) is 3. The number of carbonyl (C=O) groups is 1. The molecule has 0 fully saturated rings. The van der Waals surface area contributed by atoms with E-state index in [1.54, 1.807) is 0 Å². The zero-order chi connectivity index (χ0) is 22.0. The Bertz CT molecular complexity index is 839. The van der Waals surface area contributed by atoms with Gasteiger partial charge in [-0.25, -0.2) is 0 Å². The van der Waals surface area contributed by atoms with Gasteiger partial charge in [0.05, 0.1) is 0 Å². The van der Waals surface area contributed by atoms with Gasteiger partial charge in [0, 0.05) is 0 Å². The monoisotopic (exact) mass is 519 g/mol. The van der Waals surface area contributed by atoms with E-state index in [1.165, 1.54) is 6.20 Å². The molecular formula is C25H37NO3Sn. The summed E-state index contributed by atoms with van der Waals surface area (Å²) in [5.41, 5.74) is 0.847. The molecule has 5 heteroatoms. The van der Waals surface area contributed by atoms with Gasteiger partial charge in [0.1, 0.15) is 0 Å². The molecule has 0 atom stereocenters. The number of aromatic carboxylic acids is 1. The average molecular weight is 518 g/mol. The van der Waals surface area contributed by atoms with Crippen LogP contribution in [0.25, 0.3) is 0 Å². The summed E-state index contributed by atoms with van der Waals surface area (Å²) in [7, 11) is 0. The predicted octanol–water partition coefficient (Wildman–Crippen LogP) is 5.65. The molecule has 0 aliphatic heterocycles. The summed E-state index contributed by atoms with van der Waals surface area (Å²) in [6.45, 7) is 7.21. The van der Waals surface area contributed by atoms with Crippen LogP contribution in [0.3, 0.4) is 0 Å². The number of benzene rings is 1. The Morgan fingerprint density at radius 1 is 0.900 bits per heavy atom. The summed E-state index contributed by atoms with van der Waals surface area (Å²) < 4.78 is 6.30. The van der Waals surface area contributed by atoms with Crippen molar-refractivity contribution in [3.05, 3.63) is 64.1 Å². The van der Waals surface area contributed by atoms with Crippen LogP contribution in [0.15, 0.2) is 47.5 Å². The Balaban J connectivity index is 2.63. The second-order valence-corrected chi connectivity index (χ2v) is 21.6. The number of rotatable bonds is 13. The predicted molar refractivity (Wildman–Crippen MR) is 128 cm³/mol. The fourth-order valence-electron chi connectivity index (χ4n) is 4.37. The summed E-state index contributed by atoms with van der Waals surface area (Å²) in [6, 6.07) is 10.0. The van der Waals surface area contributed by atoms with Crippen LogP contribution in [0.1, 0.15) is 75.2 Å². The quantitative estimate of drug-likeness (QED) is 0.349. The van der Waals surface area contributed by atoms with Crippen LogP contribution in [0.5, 0.6) is 0 Å². The summed E-state index contributed by atoms with van der Waals surface area (Å²) in [5, 5.41) is 9.78. The van der Waals surface area contributed by atoms with Crippen molar-refractivity contribution in [2.24, 2.45) is 0 Å². The molecule has 0 aliphatic rings. The molecule has 0 aliphatic carbocycles. The minimum atomic E-state index is -3.05. The van der Waals surface area contributed by atoms with E-state index in [9.17, 15) is 14.7 Å². The van der Waals surface area contributed by atoms with E-state index in [0.717, 1.165) is 61.0 Å². The van der Waals surface area contributed by atoms with Gasteiger partial charge in [-0.2, -0.15) is 0 Å². The maximum absolute atomic E-state index is 13.4. The molecule has 1 N–H and O–H groups in total. The molecule has 2 rings (SSSR count). The third-order valence-electron chi connectivity index (χ3n) is 6.12. The number of pyridine rings is 1. The number of aromatic nitrogens is 1. The number of nitrogens with zero attached hydrogens (tertiary/aromatic N) is 1. The first-order valence-corrected chi connectivity index (χ1v) is 19.0. The van der Waals surface area contributed by atoms with E-state index in [2.05, 4.69) is 20.8 Å². The molecule has 0 radical (unpaired) electrons. The Labute approximate surface area is 185 Å². The fourth-order valence-corrected chi connectivity index (χ4v) is 20.7. The van der Waals surface area contributed by atoms with E-state index < -0.39 is 24.3 Å². The van der Waals surface area contributed by atoms with Crippen molar-refractivity contribution in [3.63, 3.8) is 0 Å². The molecule has 1 aromatic carbocycles. The van der Waals surface area contributed by atoms with Gasteiger partial charge in [-0.1, -0.05) is 0 Å². The van der Waals surface area contributed by atoms with Crippen LogP contribution in [0.4, 0.5) is 0 Å². The van der Waals surface area contributed by atoms with Gasteiger partial charge in [-0.15, -0.1) is 0 Å². The van der Waals surface area contributed by atoms with Crippen molar-refractivity contribution in [1.29, 1.82) is 0 Å². The van der Waals surface area contributed by atoms with Crippen LogP contribution in [0.2, 0.25) is 13.3 Å². The van der Waals surface area contributed by atoms with Gasteiger partial charge in [0.15, 0.2) is 0 Å². The molecule has 2 aromatic rings.